The highest BCUT2D eigenvalue weighted by molar-refractivity contribution is 7.84. The Hall–Kier alpha value is -0.910. The Morgan fingerprint density at radius 3 is 2.35 bits per heavy atom. The van der Waals surface area contributed by atoms with Gasteiger partial charge in [0.15, 0.2) is 0 Å². The predicted molar refractivity (Wildman–Crippen MR) is 80.7 cm³/mol. The van der Waals surface area contributed by atoms with Crippen LogP contribution in [0.15, 0.2) is 0 Å². The van der Waals surface area contributed by atoms with Crippen molar-refractivity contribution in [1.29, 1.82) is 0 Å². The van der Waals surface area contributed by atoms with Crippen molar-refractivity contribution < 1.29 is 13.8 Å². The zero-order valence-corrected chi connectivity index (χ0v) is 13.8. The Labute approximate surface area is 123 Å². The molecule has 1 rings (SSSR count). The van der Waals surface area contributed by atoms with E-state index in [9.17, 15) is 13.8 Å². The first kappa shape index (κ1) is 17.1. The summed E-state index contributed by atoms with van der Waals surface area (Å²) in [6.07, 6.45) is 2.45. The molecule has 0 spiro atoms. The van der Waals surface area contributed by atoms with Crippen LogP contribution < -0.4 is 5.32 Å². The first-order valence-corrected chi connectivity index (χ1v) is 8.93. The fourth-order valence-corrected chi connectivity index (χ4v) is 2.97. The highest BCUT2D eigenvalue weighted by atomic mass is 32.2. The Morgan fingerprint density at radius 1 is 1.30 bits per heavy atom. The van der Waals surface area contributed by atoms with E-state index >= 15 is 0 Å². The van der Waals surface area contributed by atoms with Crippen LogP contribution in [0.5, 0.6) is 0 Å². The third-order valence-corrected chi connectivity index (χ3v) is 4.67. The third kappa shape index (κ3) is 3.81. The van der Waals surface area contributed by atoms with Gasteiger partial charge in [0.25, 0.3) is 0 Å². The molecular weight excluding hydrogens is 276 g/mol. The second-order valence-corrected chi connectivity index (χ2v) is 7.42. The highest BCUT2D eigenvalue weighted by Gasteiger charge is 2.43. The van der Waals surface area contributed by atoms with E-state index in [-0.39, 0.29) is 23.7 Å². The predicted octanol–water partition coefficient (Wildman–Crippen LogP) is 0.763. The Bertz CT molecular complexity index is 398. The Morgan fingerprint density at radius 2 is 1.90 bits per heavy atom. The van der Waals surface area contributed by atoms with Crippen LogP contribution in [-0.4, -0.2) is 51.6 Å². The van der Waals surface area contributed by atoms with Gasteiger partial charge < -0.3 is 10.2 Å². The van der Waals surface area contributed by atoms with Gasteiger partial charge in [-0.2, -0.15) is 0 Å². The Kier molecular flexibility index (Phi) is 6.17. The first-order chi connectivity index (χ1) is 9.29. The largest absolute Gasteiger partial charge is 0.342 e. The fraction of sp³-hybridized carbons (Fsp3) is 0.857. The summed E-state index contributed by atoms with van der Waals surface area (Å²) in [6.45, 7) is 8.21. The van der Waals surface area contributed by atoms with Crippen LogP contribution in [0.3, 0.4) is 0 Å². The monoisotopic (exact) mass is 302 g/mol. The van der Waals surface area contributed by atoms with Crippen LogP contribution in [0.25, 0.3) is 0 Å². The van der Waals surface area contributed by atoms with Crippen molar-refractivity contribution >= 4 is 22.6 Å². The lowest BCUT2D eigenvalue weighted by Crippen LogP contribution is -2.66. The number of nitrogens with zero attached hydrogens (tertiary/aromatic N) is 1. The maximum atomic E-state index is 12.6. The van der Waals surface area contributed by atoms with Gasteiger partial charge in [-0.1, -0.05) is 34.1 Å². The number of nitrogens with one attached hydrogen (secondary N) is 1. The van der Waals surface area contributed by atoms with Gasteiger partial charge in [0.05, 0.1) is 0 Å². The van der Waals surface area contributed by atoms with E-state index in [2.05, 4.69) is 5.32 Å². The lowest BCUT2D eigenvalue weighted by Gasteiger charge is -2.42. The molecule has 1 heterocycles. The SMILES string of the molecule is CCC(C)C1NC(=O)C(C(C)C)N(CCS(C)=O)C1=O. The molecule has 1 aliphatic heterocycles. The molecule has 1 saturated heterocycles. The van der Waals surface area contributed by atoms with E-state index in [0.29, 0.717) is 12.3 Å². The standard InChI is InChI=1S/C14H26N2O3S/c1-6-10(4)11-14(18)16(7-8-20(5)19)12(9(2)3)13(17)15-11/h9-12H,6-8H2,1-5H3,(H,15,17). The van der Waals surface area contributed by atoms with Gasteiger partial charge in [0.1, 0.15) is 12.1 Å². The van der Waals surface area contributed by atoms with E-state index in [4.69, 9.17) is 0 Å². The number of carbonyl (C=O) groups is 2. The second-order valence-electron chi connectivity index (χ2n) is 5.87. The van der Waals surface area contributed by atoms with Crippen molar-refractivity contribution in [3.05, 3.63) is 0 Å². The summed E-state index contributed by atoms with van der Waals surface area (Å²) >= 11 is 0. The molecule has 1 aliphatic rings. The van der Waals surface area contributed by atoms with Gasteiger partial charge in [-0.25, -0.2) is 0 Å². The highest BCUT2D eigenvalue weighted by Crippen LogP contribution is 2.21. The molecule has 5 nitrogen and oxygen atoms in total. The Balaban J connectivity index is 2.97. The summed E-state index contributed by atoms with van der Waals surface area (Å²) in [5.74, 6) is 0.432. The molecule has 1 N–H and O–H groups in total. The molecule has 4 atom stereocenters. The van der Waals surface area contributed by atoms with Crippen LogP contribution in [0.1, 0.15) is 34.1 Å². The molecule has 0 radical (unpaired) electrons. The van der Waals surface area contributed by atoms with Gasteiger partial charge in [-0.05, 0) is 11.8 Å². The summed E-state index contributed by atoms with van der Waals surface area (Å²) in [4.78, 5) is 26.5. The van der Waals surface area contributed by atoms with Gasteiger partial charge in [0.2, 0.25) is 11.8 Å². The normalized spacial score (nSPS) is 26.6. The average molecular weight is 302 g/mol. The molecule has 0 aromatic carbocycles. The second kappa shape index (κ2) is 7.20. The van der Waals surface area contributed by atoms with Gasteiger partial charge in [-0.3, -0.25) is 13.8 Å². The van der Waals surface area contributed by atoms with Crippen molar-refractivity contribution in [3.63, 3.8) is 0 Å². The van der Waals surface area contributed by atoms with E-state index in [1.54, 1.807) is 11.2 Å². The van der Waals surface area contributed by atoms with Crippen LogP contribution in [0.4, 0.5) is 0 Å². The molecule has 4 unspecified atom stereocenters. The van der Waals surface area contributed by atoms with Gasteiger partial charge in [0, 0.05) is 29.4 Å². The number of hydrogen-bond donors (Lipinski definition) is 1. The maximum Gasteiger partial charge on any atom is 0.246 e. The van der Waals surface area contributed by atoms with Crippen LogP contribution >= 0.6 is 0 Å². The molecule has 0 saturated carbocycles. The molecule has 20 heavy (non-hydrogen) atoms. The number of amides is 2. The molecule has 0 aromatic rings. The maximum absolute atomic E-state index is 12.6. The summed E-state index contributed by atoms with van der Waals surface area (Å²) in [6, 6.07) is -0.904. The molecule has 1 fully saturated rings. The summed E-state index contributed by atoms with van der Waals surface area (Å²) in [7, 11) is -0.971. The number of piperazine rings is 1. The fourth-order valence-electron chi connectivity index (χ4n) is 2.52. The number of carbonyl (C=O) groups excluding carboxylic acids is 2. The minimum absolute atomic E-state index is 0.0388. The first-order valence-electron chi connectivity index (χ1n) is 7.20. The lowest BCUT2D eigenvalue weighted by molar-refractivity contribution is -0.152. The van der Waals surface area contributed by atoms with E-state index < -0.39 is 22.9 Å². The van der Waals surface area contributed by atoms with Crippen LogP contribution in [0, 0.1) is 11.8 Å². The summed E-state index contributed by atoms with van der Waals surface area (Å²) in [5.41, 5.74) is 0. The minimum atomic E-state index is -0.971. The zero-order chi connectivity index (χ0) is 15.4. The molecule has 2 amide bonds. The smallest absolute Gasteiger partial charge is 0.246 e. The van der Waals surface area contributed by atoms with Crippen LogP contribution in [-0.2, 0) is 20.4 Å². The van der Waals surface area contributed by atoms with Crippen molar-refractivity contribution in [1.82, 2.24) is 10.2 Å². The van der Waals surface area contributed by atoms with Crippen molar-refractivity contribution in [2.24, 2.45) is 11.8 Å². The zero-order valence-electron chi connectivity index (χ0n) is 13.0. The minimum Gasteiger partial charge on any atom is -0.342 e. The average Bonchev–Trinajstić information content (AvgIpc) is 2.37. The van der Waals surface area contributed by atoms with Crippen molar-refractivity contribution in [2.75, 3.05) is 18.6 Å². The lowest BCUT2D eigenvalue weighted by atomic mass is 9.91. The molecule has 116 valence electrons. The molecule has 0 bridgehead atoms. The van der Waals surface area contributed by atoms with Crippen molar-refractivity contribution in [3.8, 4) is 0 Å². The molecular formula is C14H26N2O3S. The quantitative estimate of drug-likeness (QED) is 0.788. The van der Waals surface area contributed by atoms with Crippen LogP contribution in [0.2, 0.25) is 0 Å². The van der Waals surface area contributed by atoms with Crippen molar-refractivity contribution in [2.45, 2.75) is 46.2 Å². The van der Waals surface area contributed by atoms with Gasteiger partial charge in [-0.15, -0.1) is 0 Å². The molecule has 6 heteroatoms. The topological polar surface area (TPSA) is 66.5 Å². The molecule has 0 aliphatic carbocycles. The number of rotatable bonds is 6. The third-order valence-electron chi connectivity index (χ3n) is 3.92. The van der Waals surface area contributed by atoms with E-state index in [1.165, 1.54) is 0 Å². The summed E-state index contributed by atoms with van der Waals surface area (Å²) < 4.78 is 11.3. The molecule has 0 aromatic heterocycles. The summed E-state index contributed by atoms with van der Waals surface area (Å²) in [5, 5.41) is 2.86. The van der Waals surface area contributed by atoms with E-state index in [1.807, 2.05) is 27.7 Å². The van der Waals surface area contributed by atoms with E-state index in [0.717, 1.165) is 6.42 Å². The van der Waals surface area contributed by atoms with Gasteiger partial charge >= 0.3 is 0 Å². The number of hydrogen-bond acceptors (Lipinski definition) is 3.